The van der Waals surface area contributed by atoms with Gasteiger partial charge in [-0.3, -0.25) is 9.59 Å². The number of carbonyl (C=O) groups is 3. The van der Waals surface area contributed by atoms with Crippen LogP contribution in [0, 0.1) is 0 Å². The lowest BCUT2D eigenvalue weighted by molar-refractivity contribution is -0.870. The first-order valence-corrected chi connectivity index (χ1v) is 40.7. The van der Waals surface area contributed by atoms with Crippen LogP contribution in [-0.2, 0) is 33.3 Å². The molecule has 1 N–H and O–H groups in total. The summed E-state index contributed by atoms with van der Waals surface area (Å²) in [5, 5.41) is 9.77. The third-order valence-corrected chi connectivity index (χ3v) is 18.6. The number of carboxylic acids is 1. The van der Waals surface area contributed by atoms with Crippen LogP contribution in [0.4, 0.5) is 0 Å². The normalized spacial score (nSPS) is 12.8. The lowest BCUT2D eigenvalue weighted by Crippen LogP contribution is -2.40. The number of unbranched alkanes of at least 4 members (excludes halogenated alkanes) is 56. The molecule has 92 heavy (non-hydrogen) atoms. The molecule has 0 aromatic rings. The van der Waals surface area contributed by atoms with Gasteiger partial charge in [0.15, 0.2) is 6.10 Å². The number of nitrogens with zero attached hydrogens (tertiary/aromatic N) is 1. The van der Waals surface area contributed by atoms with Gasteiger partial charge in [-0.05, 0) is 51.4 Å². The van der Waals surface area contributed by atoms with Gasteiger partial charge < -0.3 is 28.5 Å². The van der Waals surface area contributed by atoms with E-state index in [1.165, 1.54) is 340 Å². The lowest BCUT2D eigenvalue weighted by atomic mass is 10.0. The first-order valence-electron chi connectivity index (χ1n) is 40.7. The molecule has 2 unspecified atom stereocenters. The van der Waals surface area contributed by atoms with Crippen molar-refractivity contribution in [3.8, 4) is 0 Å². The Morgan fingerprint density at radius 3 is 0.870 bits per heavy atom. The molecule has 0 radical (unpaired) electrons. The van der Waals surface area contributed by atoms with E-state index in [-0.39, 0.29) is 38.2 Å². The van der Waals surface area contributed by atoms with Gasteiger partial charge >= 0.3 is 17.9 Å². The monoisotopic (exact) mass is 1300 g/mol. The van der Waals surface area contributed by atoms with Crippen molar-refractivity contribution in [1.29, 1.82) is 0 Å². The number of allylic oxidation sites excluding steroid dienone is 6. The summed E-state index contributed by atoms with van der Waals surface area (Å²) in [6.07, 6.45) is 93.1. The van der Waals surface area contributed by atoms with Gasteiger partial charge in [-0.2, -0.15) is 0 Å². The molecule has 0 aliphatic carbocycles. The number of rotatable bonds is 77. The molecular formula is C83H158NO8+. The first-order chi connectivity index (χ1) is 45.1. The molecule has 0 spiro atoms. The Hall–Kier alpha value is -2.49. The molecule has 0 bridgehead atoms. The molecule has 0 amide bonds. The Morgan fingerprint density at radius 2 is 0.587 bits per heavy atom. The topological polar surface area (TPSA) is 108 Å². The summed E-state index contributed by atoms with van der Waals surface area (Å²) in [6.45, 7) is 4.95. The van der Waals surface area contributed by atoms with Gasteiger partial charge in [-0.25, -0.2) is 4.79 Å². The highest BCUT2D eigenvalue weighted by Crippen LogP contribution is 2.20. The first kappa shape index (κ1) is 89.5. The van der Waals surface area contributed by atoms with E-state index < -0.39 is 18.4 Å². The minimum atomic E-state index is -1.51. The van der Waals surface area contributed by atoms with Crippen LogP contribution in [-0.4, -0.2) is 87.4 Å². The number of aliphatic carboxylic acids is 1. The summed E-state index contributed by atoms with van der Waals surface area (Å²) in [5.74, 6) is -1.97. The Morgan fingerprint density at radius 1 is 0.326 bits per heavy atom. The van der Waals surface area contributed by atoms with Crippen molar-refractivity contribution >= 4 is 17.9 Å². The number of carbonyl (C=O) groups excluding carboxylic acids is 2. The van der Waals surface area contributed by atoms with Crippen LogP contribution < -0.4 is 0 Å². The third kappa shape index (κ3) is 74.9. The SMILES string of the molecule is CCCCCCC/C=C\C/C=C\C/C=C\CCCCCCCCCCCCCCCCCCCCCCCCCCC(=O)OC(COC(=O)CCCCCCCCCCCCCCCCCCCCCCCCCCCCCC)COC(OCC[N+](C)(C)C)C(=O)O. The molecule has 0 aliphatic rings. The molecule has 542 valence electrons. The zero-order valence-corrected chi connectivity index (χ0v) is 62.2. The second kappa shape index (κ2) is 74.3. The summed E-state index contributed by atoms with van der Waals surface area (Å²) in [6, 6.07) is 0. The number of esters is 2. The smallest absolute Gasteiger partial charge is 0.361 e. The standard InChI is InChI=1S/C83H157NO8/c1-6-8-10-12-14-16-18-20-22-24-26-28-30-32-34-36-37-38-39-40-41-42-43-44-45-46-48-50-52-54-56-58-60-62-64-66-68-70-72-74-81(86)92-79(78-91-83(82(87)88)89-76-75-84(3,4)5)77-90-80(85)73-71-69-67-65-63-61-59-57-55-53-51-49-47-35-33-31-29-27-25-23-21-19-17-15-13-11-9-7-2/h18,20,24,26,30,32,79,83H,6-17,19,21-23,25,27-29,31,33-78H2,1-5H3/p+1/b20-18-,26-24-,32-30-. The highest BCUT2D eigenvalue weighted by molar-refractivity contribution is 5.71. The summed E-state index contributed by atoms with van der Waals surface area (Å²) in [4.78, 5) is 37.7. The largest absolute Gasteiger partial charge is 0.477 e. The molecule has 9 heteroatoms. The lowest BCUT2D eigenvalue weighted by Gasteiger charge is -2.25. The van der Waals surface area contributed by atoms with Crippen LogP contribution in [0.1, 0.15) is 418 Å². The van der Waals surface area contributed by atoms with E-state index >= 15 is 0 Å². The highest BCUT2D eigenvalue weighted by atomic mass is 16.7. The summed E-state index contributed by atoms with van der Waals surface area (Å²) in [5.41, 5.74) is 0. The number of likely N-dealkylation sites (N-methyl/N-ethyl adjacent to an activating group) is 1. The van der Waals surface area contributed by atoms with Crippen LogP contribution >= 0.6 is 0 Å². The van der Waals surface area contributed by atoms with Crippen molar-refractivity contribution < 1.29 is 42.9 Å². The molecule has 0 saturated heterocycles. The maximum Gasteiger partial charge on any atom is 0.361 e. The van der Waals surface area contributed by atoms with E-state index in [0.717, 1.165) is 51.4 Å². The van der Waals surface area contributed by atoms with Crippen molar-refractivity contribution in [2.24, 2.45) is 0 Å². The Labute approximate surface area is 572 Å². The Bertz CT molecular complexity index is 1600. The van der Waals surface area contributed by atoms with E-state index in [9.17, 15) is 19.5 Å². The zero-order chi connectivity index (χ0) is 66.8. The van der Waals surface area contributed by atoms with E-state index in [4.69, 9.17) is 18.9 Å². The fourth-order valence-corrected chi connectivity index (χ4v) is 12.4. The van der Waals surface area contributed by atoms with Crippen molar-refractivity contribution in [3.05, 3.63) is 36.5 Å². The quantitative estimate of drug-likeness (QED) is 0.0211. The van der Waals surface area contributed by atoms with Gasteiger partial charge in [-0.1, -0.05) is 391 Å². The van der Waals surface area contributed by atoms with Crippen molar-refractivity contribution in [1.82, 2.24) is 0 Å². The molecule has 0 fully saturated rings. The van der Waals surface area contributed by atoms with Gasteiger partial charge in [0.25, 0.3) is 6.29 Å². The van der Waals surface area contributed by atoms with Crippen molar-refractivity contribution in [2.45, 2.75) is 431 Å². The van der Waals surface area contributed by atoms with Gasteiger partial charge in [0, 0.05) is 12.8 Å². The predicted molar refractivity (Wildman–Crippen MR) is 397 cm³/mol. The number of hydrogen-bond donors (Lipinski definition) is 1. The molecule has 0 aromatic heterocycles. The van der Waals surface area contributed by atoms with E-state index in [1.54, 1.807) is 0 Å². The van der Waals surface area contributed by atoms with Crippen LogP contribution in [0.3, 0.4) is 0 Å². The van der Waals surface area contributed by atoms with E-state index in [0.29, 0.717) is 17.4 Å². The molecule has 0 heterocycles. The third-order valence-electron chi connectivity index (χ3n) is 18.6. The van der Waals surface area contributed by atoms with Gasteiger partial charge in [0.1, 0.15) is 13.2 Å². The van der Waals surface area contributed by atoms with Gasteiger partial charge in [-0.15, -0.1) is 0 Å². The highest BCUT2D eigenvalue weighted by Gasteiger charge is 2.25. The molecule has 2 atom stereocenters. The predicted octanol–water partition coefficient (Wildman–Crippen LogP) is 25.9. The minimum Gasteiger partial charge on any atom is -0.477 e. The van der Waals surface area contributed by atoms with E-state index in [2.05, 4.69) is 50.3 Å². The number of quaternary nitrogens is 1. The van der Waals surface area contributed by atoms with Crippen LogP contribution in [0.5, 0.6) is 0 Å². The van der Waals surface area contributed by atoms with E-state index in [1.807, 2.05) is 21.1 Å². The van der Waals surface area contributed by atoms with Crippen LogP contribution in [0.2, 0.25) is 0 Å². The molecule has 0 aromatic carbocycles. The maximum atomic E-state index is 13.0. The summed E-state index contributed by atoms with van der Waals surface area (Å²) in [7, 11) is 6.00. The molecule has 0 aliphatic heterocycles. The molecule has 0 rings (SSSR count). The second-order valence-electron chi connectivity index (χ2n) is 29.1. The number of hydrogen-bond acceptors (Lipinski definition) is 7. The average molecular weight is 1300 g/mol. The average Bonchev–Trinajstić information content (AvgIpc) is 3.75. The second-order valence-corrected chi connectivity index (χ2v) is 29.1. The minimum absolute atomic E-state index is 0.174. The van der Waals surface area contributed by atoms with Crippen molar-refractivity contribution in [3.63, 3.8) is 0 Å². The van der Waals surface area contributed by atoms with Crippen LogP contribution in [0.15, 0.2) is 36.5 Å². The Kier molecular flexibility index (Phi) is 72.3. The molecule has 9 nitrogen and oxygen atoms in total. The summed E-state index contributed by atoms with van der Waals surface area (Å²) >= 11 is 0. The number of carboxylic acid groups (broad SMARTS) is 1. The van der Waals surface area contributed by atoms with Gasteiger partial charge in [0.2, 0.25) is 0 Å². The number of ether oxygens (including phenoxy) is 4. The summed E-state index contributed by atoms with van der Waals surface area (Å²) < 4.78 is 23.1. The fraction of sp³-hybridized carbons (Fsp3) is 0.892. The maximum absolute atomic E-state index is 13.0. The molecule has 0 saturated carbocycles. The molecular weight excluding hydrogens is 1140 g/mol. The van der Waals surface area contributed by atoms with Crippen molar-refractivity contribution in [2.75, 3.05) is 47.5 Å². The van der Waals surface area contributed by atoms with Gasteiger partial charge in [0.05, 0.1) is 34.4 Å². The fourth-order valence-electron chi connectivity index (χ4n) is 12.4. The van der Waals surface area contributed by atoms with Crippen LogP contribution in [0.25, 0.3) is 0 Å². The Balaban J connectivity index is 3.95. The zero-order valence-electron chi connectivity index (χ0n) is 62.2.